The topological polar surface area (TPSA) is 70.7 Å². The molecule has 1 atom stereocenters. The summed E-state index contributed by atoms with van der Waals surface area (Å²) < 4.78 is 5.15. The zero-order valence-electron chi connectivity index (χ0n) is 14.1. The van der Waals surface area contributed by atoms with Crippen LogP contribution in [-0.2, 0) is 9.59 Å². The summed E-state index contributed by atoms with van der Waals surface area (Å²) in [5.74, 6) is 1.22. The lowest BCUT2D eigenvalue weighted by molar-refractivity contribution is -0.138. The highest BCUT2D eigenvalue weighted by Gasteiger charge is 2.32. The fourth-order valence-corrected chi connectivity index (χ4v) is 3.22. The van der Waals surface area contributed by atoms with Crippen molar-refractivity contribution in [2.24, 2.45) is 5.92 Å². The average molecular weight is 331 g/mol. The molecule has 0 aromatic heterocycles. The van der Waals surface area contributed by atoms with Gasteiger partial charge in [0.05, 0.1) is 19.6 Å². The molecule has 6 heteroatoms. The molecule has 0 radical (unpaired) electrons. The van der Waals surface area contributed by atoms with Gasteiger partial charge in [0.25, 0.3) is 0 Å². The number of hydrogen-bond acceptors (Lipinski definition) is 4. The molecular formula is C18H25N3O3. The molecule has 130 valence electrons. The van der Waals surface area contributed by atoms with Crippen molar-refractivity contribution >= 4 is 17.5 Å². The molecule has 1 aliphatic carbocycles. The number of anilines is 1. The highest BCUT2D eigenvalue weighted by Crippen LogP contribution is 2.27. The zero-order chi connectivity index (χ0) is 16.9. The lowest BCUT2D eigenvalue weighted by Gasteiger charge is -2.37. The maximum atomic E-state index is 12.6. The van der Waals surface area contributed by atoms with Crippen LogP contribution in [0.4, 0.5) is 5.69 Å². The average Bonchev–Trinajstić information content (AvgIpc) is 2.54. The van der Waals surface area contributed by atoms with Crippen LogP contribution in [-0.4, -0.2) is 49.5 Å². The van der Waals surface area contributed by atoms with Gasteiger partial charge >= 0.3 is 0 Å². The predicted molar refractivity (Wildman–Crippen MR) is 92.0 cm³/mol. The van der Waals surface area contributed by atoms with Gasteiger partial charge in [0.2, 0.25) is 11.8 Å². The number of nitrogens with zero attached hydrogens (tertiary/aromatic N) is 1. The first-order chi connectivity index (χ1) is 11.7. The van der Waals surface area contributed by atoms with Gasteiger partial charge < -0.3 is 20.3 Å². The van der Waals surface area contributed by atoms with Crippen LogP contribution in [0.1, 0.15) is 25.7 Å². The maximum Gasteiger partial charge on any atom is 0.240 e. The van der Waals surface area contributed by atoms with Crippen molar-refractivity contribution in [3.63, 3.8) is 0 Å². The number of amides is 2. The molecular weight excluding hydrogens is 306 g/mol. The third-order valence-corrected chi connectivity index (χ3v) is 4.83. The van der Waals surface area contributed by atoms with E-state index in [4.69, 9.17) is 4.74 Å². The third kappa shape index (κ3) is 4.06. The molecule has 1 aromatic carbocycles. The number of ether oxygens (including phenoxy) is 1. The Bertz CT molecular complexity index is 601. The second-order valence-corrected chi connectivity index (χ2v) is 6.57. The van der Waals surface area contributed by atoms with Crippen LogP contribution in [0.25, 0.3) is 0 Å². The van der Waals surface area contributed by atoms with E-state index >= 15 is 0 Å². The van der Waals surface area contributed by atoms with Crippen molar-refractivity contribution in [3.8, 4) is 5.75 Å². The Morgan fingerprint density at radius 1 is 1.42 bits per heavy atom. The number of nitrogens with one attached hydrogen (secondary N) is 2. The molecule has 1 aromatic rings. The van der Waals surface area contributed by atoms with Crippen molar-refractivity contribution < 1.29 is 14.3 Å². The number of carbonyl (C=O) groups is 2. The molecule has 0 bridgehead atoms. The van der Waals surface area contributed by atoms with Crippen LogP contribution in [0.3, 0.4) is 0 Å². The first kappa shape index (κ1) is 16.8. The van der Waals surface area contributed by atoms with E-state index in [1.807, 2.05) is 17.0 Å². The lowest BCUT2D eigenvalue weighted by Crippen LogP contribution is -2.57. The molecule has 2 N–H and O–H groups in total. The van der Waals surface area contributed by atoms with Crippen LogP contribution in [0.15, 0.2) is 24.3 Å². The lowest BCUT2D eigenvalue weighted by atomic mass is 9.85. The SMILES string of the molecule is COc1cccc(NC(=O)CC2NCCN(CC3CCC3)C2=O)c1. The molecule has 2 amide bonds. The molecule has 1 unspecified atom stereocenters. The molecule has 1 aliphatic heterocycles. The summed E-state index contributed by atoms with van der Waals surface area (Å²) in [6, 6.07) is 6.78. The smallest absolute Gasteiger partial charge is 0.240 e. The highest BCUT2D eigenvalue weighted by atomic mass is 16.5. The van der Waals surface area contributed by atoms with Crippen molar-refractivity contribution in [3.05, 3.63) is 24.3 Å². The van der Waals surface area contributed by atoms with Crippen molar-refractivity contribution in [1.29, 1.82) is 0 Å². The summed E-state index contributed by atoms with van der Waals surface area (Å²) in [5, 5.41) is 6.00. The quantitative estimate of drug-likeness (QED) is 0.831. The van der Waals surface area contributed by atoms with Crippen LogP contribution in [0, 0.1) is 5.92 Å². The Morgan fingerprint density at radius 2 is 2.25 bits per heavy atom. The summed E-state index contributed by atoms with van der Waals surface area (Å²) in [7, 11) is 1.59. The minimum Gasteiger partial charge on any atom is -0.497 e. The minimum atomic E-state index is -0.426. The van der Waals surface area contributed by atoms with E-state index in [1.165, 1.54) is 19.3 Å². The molecule has 1 saturated carbocycles. The van der Waals surface area contributed by atoms with Gasteiger partial charge in [-0.05, 0) is 30.9 Å². The minimum absolute atomic E-state index is 0.0499. The molecule has 6 nitrogen and oxygen atoms in total. The first-order valence-corrected chi connectivity index (χ1v) is 8.62. The monoisotopic (exact) mass is 331 g/mol. The summed E-state index contributed by atoms with van der Waals surface area (Å²) in [6.45, 7) is 2.33. The van der Waals surface area contributed by atoms with Crippen LogP contribution in [0.2, 0.25) is 0 Å². The Balaban J connectivity index is 1.53. The number of piperazine rings is 1. The van der Waals surface area contributed by atoms with E-state index in [2.05, 4.69) is 10.6 Å². The van der Waals surface area contributed by atoms with Crippen LogP contribution in [0.5, 0.6) is 5.75 Å². The van der Waals surface area contributed by atoms with Gasteiger partial charge in [0, 0.05) is 31.4 Å². The molecule has 24 heavy (non-hydrogen) atoms. The van der Waals surface area contributed by atoms with Crippen molar-refractivity contribution in [2.45, 2.75) is 31.7 Å². The number of carbonyl (C=O) groups excluding carboxylic acids is 2. The zero-order valence-corrected chi connectivity index (χ0v) is 14.1. The van der Waals surface area contributed by atoms with Gasteiger partial charge in [-0.15, -0.1) is 0 Å². The van der Waals surface area contributed by atoms with E-state index in [-0.39, 0.29) is 18.2 Å². The normalized spacial score (nSPS) is 21.3. The molecule has 2 fully saturated rings. The Kier molecular flexibility index (Phi) is 5.35. The second kappa shape index (κ2) is 7.66. The summed E-state index contributed by atoms with van der Waals surface area (Å²) >= 11 is 0. The van der Waals surface area contributed by atoms with Crippen LogP contribution < -0.4 is 15.4 Å². The highest BCUT2D eigenvalue weighted by molar-refractivity contribution is 5.95. The summed E-state index contributed by atoms with van der Waals surface area (Å²) in [5.41, 5.74) is 0.675. The molecule has 1 heterocycles. The van der Waals surface area contributed by atoms with E-state index in [0.717, 1.165) is 19.6 Å². The largest absolute Gasteiger partial charge is 0.497 e. The summed E-state index contributed by atoms with van der Waals surface area (Å²) in [4.78, 5) is 26.7. The Hall–Kier alpha value is -2.08. The third-order valence-electron chi connectivity index (χ3n) is 4.83. The van der Waals surface area contributed by atoms with E-state index in [1.54, 1.807) is 19.2 Å². The first-order valence-electron chi connectivity index (χ1n) is 8.62. The fourth-order valence-electron chi connectivity index (χ4n) is 3.22. The number of hydrogen-bond donors (Lipinski definition) is 2. The van der Waals surface area contributed by atoms with Gasteiger partial charge in [-0.2, -0.15) is 0 Å². The molecule has 2 aliphatic rings. The second-order valence-electron chi connectivity index (χ2n) is 6.57. The molecule has 0 spiro atoms. The number of methoxy groups -OCH3 is 1. The van der Waals surface area contributed by atoms with E-state index in [0.29, 0.717) is 17.4 Å². The van der Waals surface area contributed by atoms with Gasteiger partial charge in [-0.25, -0.2) is 0 Å². The molecule has 3 rings (SSSR count). The standard InChI is InChI=1S/C18H25N3O3/c1-24-15-7-3-6-14(10-15)20-17(22)11-16-18(23)21(9-8-19-16)12-13-4-2-5-13/h3,6-7,10,13,16,19H,2,4-5,8-9,11-12H2,1H3,(H,20,22). The fraction of sp³-hybridized carbons (Fsp3) is 0.556. The van der Waals surface area contributed by atoms with Crippen LogP contribution >= 0.6 is 0 Å². The van der Waals surface area contributed by atoms with Gasteiger partial charge in [0.1, 0.15) is 5.75 Å². The van der Waals surface area contributed by atoms with Gasteiger partial charge in [-0.3, -0.25) is 9.59 Å². The number of benzene rings is 1. The van der Waals surface area contributed by atoms with Gasteiger partial charge in [-0.1, -0.05) is 12.5 Å². The Morgan fingerprint density at radius 3 is 2.96 bits per heavy atom. The van der Waals surface area contributed by atoms with E-state index < -0.39 is 6.04 Å². The summed E-state index contributed by atoms with van der Waals surface area (Å²) in [6.07, 6.45) is 3.87. The predicted octanol–water partition coefficient (Wildman–Crippen LogP) is 1.62. The van der Waals surface area contributed by atoms with Gasteiger partial charge in [0.15, 0.2) is 0 Å². The van der Waals surface area contributed by atoms with Crippen molar-refractivity contribution in [2.75, 3.05) is 32.1 Å². The van der Waals surface area contributed by atoms with E-state index in [9.17, 15) is 9.59 Å². The maximum absolute atomic E-state index is 12.6. The number of rotatable bonds is 6. The molecule has 1 saturated heterocycles. The van der Waals surface area contributed by atoms with Crippen molar-refractivity contribution in [1.82, 2.24) is 10.2 Å². The Labute approximate surface area is 142 Å².